The monoisotopic (exact) mass is 569 g/mol. The number of rotatable bonds is 5. The van der Waals surface area contributed by atoms with Gasteiger partial charge in [-0.25, -0.2) is 0 Å². The lowest BCUT2D eigenvalue weighted by Crippen LogP contribution is -2.58. The van der Waals surface area contributed by atoms with Gasteiger partial charge in [-0.15, -0.1) is 10.2 Å². The van der Waals surface area contributed by atoms with Crippen molar-refractivity contribution in [2.45, 2.75) is 95.2 Å². The van der Waals surface area contributed by atoms with Crippen LogP contribution in [0.4, 0.5) is 5.82 Å². The SMILES string of the molecule is CC(=O)Nc1cc(-c2ccccc2)c(-c2ccc(C3(N)CC(C)(O)C3)cc2)nn1.O=C1CCCCN1C1CCCCC1. The second-order valence-electron chi connectivity index (χ2n) is 12.5. The van der Waals surface area contributed by atoms with E-state index in [0.29, 0.717) is 30.6 Å². The number of likely N-dealkylation sites (tertiary alicyclic amines) is 1. The van der Waals surface area contributed by atoms with Gasteiger partial charge < -0.3 is 21.1 Å². The van der Waals surface area contributed by atoms with Gasteiger partial charge in [-0.1, -0.05) is 73.9 Å². The van der Waals surface area contributed by atoms with Crippen LogP contribution in [-0.4, -0.2) is 50.2 Å². The molecule has 0 unspecified atom stereocenters. The first-order valence-electron chi connectivity index (χ1n) is 15.3. The number of amides is 2. The van der Waals surface area contributed by atoms with Crippen molar-refractivity contribution in [1.29, 1.82) is 0 Å². The number of nitrogens with one attached hydrogen (secondary N) is 1. The summed E-state index contributed by atoms with van der Waals surface area (Å²) in [5.41, 5.74) is 9.75. The highest BCUT2D eigenvalue weighted by Crippen LogP contribution is 2.46. The molecule has 0 bridgehead atoms. The number of carbonyl (C=O) groups excluding carboxylic acids is 2. The summed E-state index contributed by atoms with van der Waals surface area (Å²) < 4.78 is 0. The van der Waals surface area contributed by atoms with Crippen LogP contribution in [0.2, 0.25) is 0 Å². The predicted molar refractivity (Wildman–Crippen MR) is 165 cm³/mol. The number of piperidine rings is 1. The van der Waals surface area contributed by atoms with E-state index in [4.69, 9.17) is 5.73 Å². The van der Waals surface area contributed by atoms with Crippen molar-refractivity contribution < 1.29 is 14.7 Å². The molecule has 3 aliphatic rings. The molecule has 3 fully saturated rings. The Morgan fingerprint density at radius 3 is 2.26 bits per heavy atom. The first kappa shape index (κ1) is 29.9. The molecule has 3 aromatic rings. The van der Waals surface area contributed by atoms with Crippen molar-refractivity contribution in [3.05, 3.63) is 66.2 Å². The highest BCUT2D eigenvalue weighted by Gasteiger charge is 2.49. The molecule has 8 heteroatoms. The number of hydrogen-bond donors (Lipinski definition) is 3. The molecule has 2 amide bonds. The Bertz CT molecular complexity index is 1380. The number of carbonyl (C=O) groups is 2. The summed E-state index contributed by atoms with van der Waals surface area (Å²) in [5.74, 6) is 0.632. The molecule has 6 rings (SSSR count). The van der Waals surface area contributed by atoms with Crippen LogP contribution in [0.25, 0.3) is 22.4 Å². The number of aliphatic hydroxyl groups is 1. The van der Waals surface area contributed by atoms with Crippen molar-refractivity contribution in [2.24, 2.45) is 5.73 Å². The Balaban J connectivity index is 0.000000226. The Morgan fingerprint density at radius 2 is 1.64 bits per heavy atom. The molecule has 2 heterocycles. The van der Waals surface area contributed by atoms with Crippen LogP contribution in [0.15, 0.2) is 60.7 Å². The van der Waals surface area contributed by atoms with Crippen molar-refractivity contribution in [1.82, 2.24) is 15.1 Å². The van der Waals surface area contributed by atoms with Gasteiger partial charge in [0.25, 0.3) is 0 Å². The second-order valence-corrected chi connectivity index (χ2v) is 12.5. The number of anilines is 1. The van der Waals surface area contributed by atoms with Crippen molar-refractivity contribution >= 4 is 17.6 Å². The fourth-order valence-corrected chi connectivity index (χ4v) is 6.76. The predicted octanol–water partition coefficient (Wildman–Crippen LogP) is 5.80. The quantitative estimate of drug-likeness (QED) is 0.357. The molecular weight excluding hydrogens is 526 g/mol. The van der Waals surface area contributed by atoms with E-state index in [1.54, 1.807) is 0 Å². The van der Waals surface area contributed by atoms with E-state index < -0.39 is 11.1 Å². The van der Waals surface area contributed by atoms with E-state index in [9.17, 15) is 14.7 Å². The number of aromatic nitrogens is 2. The zero-order chi connectivity index (χ0) is 29.7. The highest BCUT2D eigenvalue weighted by molar-refractivity contribution is 5.90. The van der Waals surface area contributed by atoms with Crippen LogP contribution in [0.5, 0.6) is 0 Å². The Morgan fingerprint density at radius 1 is 0.952 bits per heavy atom. The fourth-order valence-electron chi connectivity index (χ4n) is 6.76. The number of hydrogen-bond acceptors (Lipinski definition) is 6. The Kier molecular flexibility index (Phi) is 9.04. The lowest BCUT2D eigenvalue weighted by Gasteiger charge is -2.49. The number of benzene rings is 2. The summed E-state index contributed by atoms with van der Waals surface area (Å²) in [6.45, 7) is 4.28. The first-order valence-corrected chi connectivity index (χ1v) is 15.3. The van der Waals surface area contributed by atoms with Gasteiger partial charge in [0.1, 0.15) is 5.69 Å². The molecule has 0 radical (unpaired) electrons. The minimum atomic E-state index is -0.696. The van der Waals surface area contributed by atoms with Gasteiger partial charge in [0, 0.05) is 42.6 Å². The minimum absolute atomic E-state index is 0.194. The van der Waals surface area contributed by atoms with E-state index in [1.807, 2.05) is 67.6 Å². The molecule has 2 saturated carbocycles. The van der Waals surface area contributed by atoms with Gasteiger partial charge in [-0.3, -0.25) is 9.59 Å². The minimum Gasteiger partial charge on any atom is -0.390 e. The maximum Gasteiger partial charge on any atom is 0.222 e. The molecule has 0 spiro atoms. The number of nitrogens with zero attached hydrogens (tertiary/aromatic N) is 3. The van der Waals surface area contributed by atoms with Gasteiger partial charge in [-0.2, -0.15) is 0 Å². The smallest absolute Gasteiger partial charge is 0.222 e. The van der Waals surface area contributed by atoms with Crippen LogP contribution < -0.4 is 11.1 Å². The fraction of sp³-hybridized carbons (Fsp3) is 0.471. The number of nitrogens with two attached hydrogens (primary N) is 1. The molecule has 0 atom stereocenters. The van der Waals surface area contributed by atoms with E-state index in [2.05, 4.69) is 20.4 Å². The molecule has 8 nitrogen and oxygen atoms in total. The topological polar surface area (TPSA) is 121 Å². The summed E-state index contributed by atoms with van der Waals surface area (Å²) in [6, 6.07) is 20.2. The van der Waals surface area contributed by atoms with Gasteiger partial charge in [0.05, 0.1) is 5.60 Å². The van der Waals surface area contributed by atoms with Crippen LogP contribution >= 0.6 is 0 Å². The standard InChI is InChI=1S/C23H24N4O2.C11H19NO/c1-15(28)25-20-12-19(16-6-4-3-5-7-16)21(27-26-20)17-8-10-18(11-9-17)23(24)13-22(2,29)14-23;13-11-8-4-5-9-12(11)10-6-2-1-3-7-10/h3-12,29H,13-14,24H2,1-2H3,(H,25,26,28);10H,1-9H2. The van der Waals surface area contributed by atoms with Gasteiger partial charge in [0.15, 0.2) is 5.82 Å². The molecule has 2 aromatic carbocycles. The molecule has 222 valence electrons. The lowest BCUT2D eigenvalue weighted by atomic mass is 9.63. The maximum atomic E-state index is 11.6. The zero-order valence-electron chi connectivity index (χ0n) is 24.8. The Hall–Kier alpha value is -3.62. The second kappa shape index (κ2) is 12.7. The van der Waals surface area contributed by atoms with E-state index in [1.165, 1.54) is 45.4 Å². The van der Waals surface area contributed by atoms with E-state index in [0.717, 1.165) is 47.3 Å². The third-order valence-electron chi connectivity index (χ3n) is 8.68. The summed E-state index contributed by atoms with van der Waals surface area (Å²) in [4.78, 5) is 25.2. The average molecular weight is 570 g/mol. The van der Waals surface area contributed by atoms with Crippen LogP contribution in [0.1, 0.15) is 83.6 Å². The van der Waals surface area contributed by atoms with Crippen molar-refractivity contribution in [2.75, 3.05) is 11.9 Å². The van der Waals surface area contributed by atoms with E-state index in [-0.39, 0.29) is 5.91 Å². The van der Waals surface area contributed by atoms with E-state index >= 15 is 0 Å². The van der Waals surface area contributed by atoms with Crippen LogP contribution in [-0.2, 0) is 15.1 Å². The van der Waals surface area contributed by atoms with Crippen LogP contribution in [0.3, 0.4) is 0 Å². The third-order valence-corrected chi connectivity index (χ3v) is 8.68. The molecule has 1 aliphatic heterocycles. The summed E-state index contributed by atoms with van der Waals surface area (Å²) in [6.07, 6.45) is 10.8. The molecule has 4 N–H and O–H groups in total. The van der Waals surface area contributed by atoms with Gasteiger partial charge in [-0.05, 0) is 62.6 Å². The zero-order valence-corrected chi connectivity index (χ0v) is 24.8. The molecular formula is C34H43N5O3. The normalized spacial score (nSPS) is 24.3. The summed E-state index contributed by atoms with van der Waals surface area (Å²) >= 11 is 0. The maximum absolute atomic E-state index is 11.6. The molecule has 1 saturated heterocycles. The first-order chi connectivity index (χ1) is 20.1. The molecule has 42 heavy (non-hydrogen) atoms. The molecule has 1 aromatic heterocycles. The van der Waals surface area contributed by atoms with Gasteiger partial charge >= 0.3 is 0 Å². The van der Waals surface area contributed by atoms with Crippen LogP contribution in [0, 0.1) is 0 Å². The Labute approximate surface area is 248 Å². The summed E-state index contributed by atoms with van der Waals surface area (Å²) in [5, 5.41) is 21.3. The largest absolute Gasteiger partial charge is 0.390 e. The molecule has 2 aliphatic carbocycles. The third kappa shape index (κ3) is 7.05. The lowest BCUT2D eigenvalue weighted by molar-refractivity contribution is -0.136. The van der Waals surface area contributed by atoms with Crippen molar-refractivity contribution in [3.8, 4) is 22.4 Å². The van der Waals surface area contributed by atoms with Crippen molar-refractivity contribution in [3.63, 3.8) is 0 Å². The highest BCUT2D eigenvalue weighted by atomic mass is 16.3. The van der Waals surface area contributed by atoms with Gasteiger partial charge in [0.2, 0.25) is 11.8 Å². The average Bonchev–Trinajstić information content (AvgIpc) is 2.97. The summed E-state index contributed by atoms with van der Waals surface area (Å²) in [7, 11) is 0.